The maximum Gasteiger partial charge on any atom is 0.149 e. The Morgan fingerprint density at radius 1 is 1.50 bits per heavy atom. The van der Waals surface area contributed by atoms with Gasteiger partial charge >= 0.3 is 0 Å². The van der Waals surface area contributed by atoms with Crippen molar-refractivity contribution in [2.75, 3.05) is 0 Å². The maximum absolute atomic E-state index is 10.0. The second-order valence-corrected chi connectivity index (χ2v) is 1.78. The Kier molecular flexibility index (Phi) is 2.85. The first kappa shape index (κ1) is 7.15. The van der Waals surface area contributed by atoms with Gasteiger partial charge in [0.1, 0.15) is 6.29 Å². The molecular formula is C7H10O. The van der Waals surface area contributed by atoms with Crippen LogP contribution in [0, 0.1) is 0 Å². The highest BCUT2D eigenvalue weighted by Crippen LogP contribution is 1.98. The third-order valence-corrected chi connectivity index (χ3v) is 0.924. The first-order valence-corrected chi connectivity index (χ1v) is 2.47. The molecule has 44 valence electrons. The van der Waals surface area contributed by atoms with Gasteiger partial charge in [0, 0.05) is 5.57 Å². The number of carbonyl (C=O) groups excluding carboxylic acids is 1. The summed E-state index contributed by atoms with van der Waals surface area (Å²) in [4.78, 5) is 10.0. The quantitative estimate of drug-likeness (QED) is 0.300. The first-order valence-electron chi connectivity index (χ1n) is 2.47. The molecule has 0 saturated carbocycles. The zero-order valence-electron chi connectivity index (χ0n) is 5.27. The molecule has 0 atom stereocenters. The van der Waals surface area contributed by atoms with Crippen LogP contribution in [0.15, 0.2) is 23.8 Å². The van der Waals surface area contributed by atoms with E-state index in [1.165, 1.54) is 0 Å². The lowest BCUT2D eigenvalue weighted by atomic mass is 10.2. The molecule has 0 aliphatic carbocycles. The van der Waals surface area contributed by atoms with E-state index in [0.29, 0.717) is 5.57 Å². The fourth-order valence-electron chi connectivity index (χ4n) is 0.370. The number of allylic oxidation sites excluding steroid dienone is 3. The van der Waals surface area contributed by atoms with E-state index >= 15 is 0 Å². The van der Waals surface area contributed by atoms with Crippen molar-refractivity contribution in [3.63, 3.8) is 0 Å². The molecule has 0 radical (unpaired) electrons. The molecule has 0 aromatic heterocycles. The van der Waals surface area contributed by atoms with E-state index < -0.39 is 0 Å². The van der Waals surface area contributed by atoms with Gasteiger partial charge in [-0.2, -0.15) is 0 Å². The Balaban J connectivity index is 4.30. The molecule has 0 aromatic rings. The summed E-state index contributed by atoms with van der Waals surface area (Å²) in [6.45, 7) is 7.22. The highest BCUT2D eigenvalue weighted by Gasteiger charge is 1.86. The molecule has 1 nitrogen and oxygen atoms in total. The molecule has 0 rings (SSSR count). The van der Waals surface area contributed by atoms with Crippen LogP contribution in [0.4, 0.5) is 0 Å². The van der Waals surface area contributed by atoms with E-state index in [0.717, 1.165) is 11.9 Å². The van der Waals surface area contributed by atoms with Crippen molar-refractivity contribution in [1.29, 1.82) is 0 Å². The Morgan fingerprint density at radius 2 is 2.00 bits per heavy atom. The van der Waals surface area contributed by atoms with Gasteiger partial charge in [-0.05, 0) is 13.8 Å². The lowest BCUT2D eigenvalue weighted by molar-refractivity contribution is -0.104. The van der Waals surface area contributed by atoms with Crippen molar-refractivity contribution >= 4 is 6.29 Å². The standard InChI is InChI=1S/C7H10O/c1-4-7(5-8)6(2)3/h4-5H,1H2,2-3H3. The highest BCUT2D eigenvalue weighted by atomic mass is 16.1. The summed E-state index contributed by atoms with van der Waals surface area (Å²) < 4.78 is 0. The summed E-state index contributed by atoms with van der Waals surface area (Å²) in [7, 11) is 0. The number of rotatable bonds is 2. The molecule has 8 heavy (non-hydrogen) atoms. The lowest BCUT2D eigenvalue weighted by Gasteiger charge is -1.89. The van der Waals surface area contributed by atoms with E-state index in [-0.39, 0.29) is 0 Å². The number of hydrogen-bond donors (Lipinski definition) is 0. The average Bonchev–Trinajstić information content (AvgIpc) is 1.69. The molecule has 0 amide bonds. The summed E-state index contributed by atoms with van der Waals surface area (Å²) in [5, 5.41) is 0. The van der Waals surface area contributed by atoms with Crippen molar-refractivity contribution < 1.29 is 4.79 Å². The predicted molar refractivity (Wildman–Crippen MR) is 34.6 cm³/mol. The van der Waals surface area contributed by atoms with Gasteiger partial charge < -0.3 is 0 Å². The van der Waals surface area contributed by atoms with E-state index in [4.69, 9.17) is 0 Å². The van der Waals surface area contributed by atoms with Crippen LogP contribution >= 0.6 is 0 Å². The molecule has 0 N–H and O–H groups in total. The largest absolute Gasteiger partial charge is 0.298 e. The van der Waals surface area contributed by atoms with Gasteiger partial charge in [-0.1, -0.05) is 18.2 Å². The van der Waals surface area contributed by atoms with Crippen LogP contribution < -0.4 is 0 Å². The molecule has 0 bridgehead atoms. The zero-order valence-corrected chi connectivity index (χ0v) is 5.27. The van der Waals surface area contributed by atoms with Crippen molar-refractivity contribution in [3.8, 4) is 0 Å². The second kappa shape index (κ2) is 3.19. The van der Waals surface area contributed by atoms with Gasteiger partial charge in [-0.15, -0.1) is 0 Å². The van der Waals surface area contributed by atoms with Crippen molar-refractivity contribution in [2.45, 2.75) is 13.8 Å². The molecule has 1 heteroatoms. The normalized spacial score (nSPS) is 7.75. The minimum Gasteiger partial charge on any atom is -0.298 e. The molecule has 0 aromatic carbocycles. The van der Waals surface area contributed by atoms with Crippen LogP contribution in [-0.2, 0) is 4.79 Å². The lowest BCUT2D eigenvalue weighted by Crippen LogP contribution is -1.80. The monoisotopic (exact) mass is 110 g/mol. The van der Waals surface area contributed by atoms with E-state index in [1.54, 1.807) is 6.08 Å². The molecule has 0 unspecified atom stereocenters. The molecule has 0 heterocycles. The summed E-state index contributed by atoms with van der Waals surface area (Å²) in [6, 6.07) is 0. The van der Waals surface area contributed by atoms with Gasteiger partial charge in [0.15, 0.2) is 0 Å². The predicted octanol–water partition coefficient (Wildman–Crippen LogP) is 1.71. The number of carbonyl (C=O) groups is 1. The zero-order chi connectivity index (χ0) is 6.57. The number of aldehydes is 1. The summed E-state index contributed by atoms with van der Waals surface area (Å²) >= 11 is 0. The van der Waals surface area contributed by atoms with Gasteiger partial charge in [0.2, 0.25) is 0 Å². The second-order valence-electron chi connectivity index (χ2n) is 1.78. The summed E-state index contributed by atoms with van der Waals surface area (Å²) in [6.07, 6.45) is 2.37. The third-order valence-electron chi connectivity index (χ3n) is 0.924. The van der Waals surface area contributed by atoms with E-state index in [9.17, 15) is 4.79 Å². The van der Waals surface area contributed by atoms with Crippen LogP contribution in [0.1, 0.15) is 13.8 Å². The highest BCUT2D eigenvalue weighted by molar-refractivity contribution is 5.78. The Hall–Kier alpha value is -0.850. The Bertz CT molecular complexity index is 117. The Morgan fingerprint density at radius 3 is 2.00 bits per heavy atom. The molecular weight excluding hydrogens is 100 g/mol. The Labute approximate surface area is 49.7 Å². The van der Waals surface area contributed by atoms with Crippen LogP contribution in [0.3, 0.4) is 0 Å². The van der Waals surface area contributed by atoms with Crippen LogP contribution in [0.5, 0.6) is 0 Å². The van der Waals surface area contributed by atoms with Crippen molar-refractivity contribution in [1.82, 2.24) is 0 Å². The molecule has 0 spiro atoms. The van der Waals surface area contributed by atoms with Crippen molar-refractivity contribution in [2.24, 2.45) is 0 Å². The van der Waals surface area contributed by atoms with Gasteiger partial charge in [-0.25, -0.2) is 0 Å². The molecule has 0 saturated heterocycles. The summed E-state index contributed by atoms with van der Waals surface area (Å²) in [5.74, 6) is 0. The van der Waals surface area contributed by atoms with E-state index in [2.05, 4.69) is 6.58 Å². The van der Waals surface area contributed by atoms with Crippen LogP contribution in [0.2, 0.25) is 0 Å². The molecule has 0 aliphatic heterocycles. The molecule has 0 aliphatic rings. The van der Waals surface area contributed by atoms with Crippen molar-refractivity contribution in [3.05, 3.63) is 23.8 Å². The first-order chi connectivity index (χ1) is 3.72. The fraction of sp³-hybridized carbons (Fsp3) is 0.286. The topological polar surface area (TPSA) is 17.1 Å². The van der Waals surface area contributed by atoms with Crippen LogP contribution in [0.25, 0.3) is 0 Å². The minimum absolute atomic E-state index is 0.685. The van der Waals surface area contributed by atoms with Gasteiger partial charge in [0.05, 0.1) is 0 Å². The maximum atomic E-state index is 10.0. The van der Waals surface area contributed by atoms with E-state index in [1.807, 2.05) is 13.8 Å². The SMILES string of the molecule is C=CC(C=O)=C(C)C. The van der Waals surface area contributed by atoms with Gasteiger partial charge in [-0.3, -0.25) is 4.79 Å². The molecule has 0 fully saturated rings. The fourth-order valence-corrected chi connectivity index (χ4v) is 0.370. The van der Waals surface area contributed by atoms with Crippen LogP contribution in [-0.4, -0.2) is 6.29 Å². The summed E-state index contributed by atoms with van der Waals surface area (Å²) in [5.41, 5.74) is 1.69. The van der Waals surface area contributed by atoms with Gasteiger partial charge in [0.25, 0.3) is 0 Å². The average molecular weight is 110 g/mol. The number of hydrogen-bond acceptors (Lipinski definition) is 1. The smallest absolute Gasteiger partial charge is 0.149 e. The third kappa shape index (κ3) is 1.73. The minimum atomic E-state index is 0.685.